The Labute approximate surface area is 196 Å². The lowest BCUT2D eigenvalue weighted by Crippen LogP contribution is -2.37. The fraction of sp³-hybridized carbons (Fsp3) is 0.333. The van der Waals surface area contributed by atoms with Crippen LogP contribution in [0.5, 0.6) is 11.5 Å². The largest absolute Gasteiger partial charge is 0.454 e. The first kappa shape index (κ1) is 21.2. The smallest absolute Gasteiger partial charge is 0.294 e. The quantitative estimate of drug-likeness (QED) is 0.416. The van der Waals surface area contributed by atoms with Crippen molar-refractivity contribution in [3.05, 3.63) is 42.0 Å². The highest BCUT2D eigenvalue weighted by molar-refractivity contribution is 7.89. The van der Waals surface area contributed by atoms with Gasteiger partial charge in [-0.25, -0.2) is 8.42 Å². The Morgan fingerprint density at radius 1 is 1.03 bits per heavy atom. The Morgan fingerprint density at radius 2 is 1.82 bits per heavy atom. The highest BCUT2D eigenvalue weighted by atomic mass is 32.2. The molecule has 0 N–H and O–H groups in total. The maximum Gasteiger partial charge on any atom is 0.294 e. The zero-order valence-corrected chi connectivity index (χ0v) is 19.6. The molecule has 2 aromatic carbocycles. The molecule has 0 atom stereocenters. The summed E-state index contributed by atoms with van der Waals surface area (Å²) in [6, 6.07) is 10.4. The average molecular weight is 482 g/mol. The third-order valence-corrected chi connectivity index (χ3v) is 8.43. The number of benzene rings is 2. The molecule has 176 valence electrons. The van der Waals surface area contributed by atoms with Crippen LogP contribution in [0.4, 0.5) is 0 Å². The monoisotopic (exact) mass is 481 g/mol. The minimum absolute atomic E-state index is 0.184. The molecule has 1 saturated heterocycles. The lowest BCUT2D eigenvalue weighted by atomic mass is 10.0. The normalized spacial score (nSPS) is 17.0. The van der Waals surface area contributed by atoms with Gasteiger partial charge in [-0.3, -0.25) is 0 Å². The number of furan rings is 1. The first-order valence-corrected chi connectivity index (χ1v) is 12.6. The fourth-order valence-corrected chi connectivity index (χ4v) is 5.90. The van der Waals surface area contributed by atoms with Crippen molar-refractivity contribution in [3.8, 4) is 34.5 Å². The van der Waals surface area contributed by atoms with Crippen LogP contribution in [0.15, 0.2) is 50.2 Å². The van der Waals surface area contributed by atoms with Crippen molar-refractivity contribution in [2.45, 2.75) is 31.6 Å². The Hall–Kier alpha value is -3.37. The average Bonchev–Trinajstić information content (AvgIpc) is 3.57. The van der Waals surface area contributed by atoms with Crippen LogP contribution in [-0.2, 0) is 10.0 Å². The number of piperidine rings is 1. The maximum atomic E-state index is 13.2. The molecule has 0 radical (unpaired) electrons. The number of aryl methyl sites for hydroxylation is 1. The highest BCUT2D eigenvalue weighted by Gasteiger charge is 2.29. The molecule has 4 heterocycles. The third kappa shape index (κ3) is 3.45. The summed E-state index contributed by atoms with van der Waals surface area (Å²) in [7, 11) is -3.57. The van der Waals surface area contributed by atoms with Crippen molar-refractivity contribution in [2.75, 3.05) is 19.9 Å². The van der Waals surface area contributed by atoms with Crippen molar-refractivity contribution in [2.24, 2.45) is 5.92 Å². The second-order valence-electron chi connectivity index (χ2n) is 8.79. The van der Waals surface area contributed by atoms with E-state index in [9.17, 15) is 8.42 Å². The molecule has 0 unspecified atom stereocenters. The number of sulfonamides is 1. The van der Waals surface area contributed by atoms with Crippen LogP contribution in [0.3, 0.4) is 0 Å². The molecule has 10 heteroatoms. The molecule has 2 aliphatic rings. The Morgan fingerprint density at radius 3 is 2.65 bits per heavy atom. The highest BCUT2D eigenvalue weighted by Crippen LogP contribution is 2.37. The zero-order valence-electron chi connectivity index (χ0n) is 18.8. The predicted octanol–water partition coefficient (Wildman–Crippen LogP) is 4.61. The first-order valence-electron chi connectivity index (χ1n) is 11.2. The van der Waals surface area contributed by atoms with Crippen molar-refractivity contribution < 1.29 is 26.8 Å². The van der Waals surface area contributed by atoms with E-state index in [1.807, 2.05) is 13.0 Å². The number of aromatic nitrogens is 2. The van der Waals surface area contributed by atoms with Crippen molar-refractivity contribution in [1.29, 1.82) is 0 Å². The number of hydrogen-bond acceptors (Lipinski definition) is 8. The van der Waals surface area contributed by atoms with Crippen LogP contribution >= 0.6 is 0 Å². The van der Waals surface area contributed by atoms with Crippen molar-refractivity contribution in [1.82, 2.24) is 14.4 Å². The Bertz CT molecular complexity index is 1500. The summed E-state index contributed by atoms with van der Waals surface area (Å²) in [5.74, 6) is 2.86. The van der Waals surface area contributed by atoms with E-state index in [0.717, 1.165) is 24.0 Å². The minimum Gasteiger partial charge on any atom is -0.454 e. The molecule has 9 nitrogen and oxygen atoms in total. The molecule has 0 aliphatic carbocycles. The second-order valence-corrected chi connectivity index (χ2v) is 10.7. The van der Waals surface area contributed by atoms with E-state index >= 15 is 0 Å². The van der Waals surface area contributed by atoms with Gasteiger partial charge in [-0.15, -0.1) is 0 Å². The maximum absolute atomic E-state index is 13.2. The minimum atomic E-state index is -3.57. The number of hydrogen-bond donors (Lipinski definition) is 0. The standard InChI is InChI=1S/C24H23N3O6S/c1-14-7-9-27(10-8-14)34(28,29)17-4-6-19-18(12-17)15(2)22(32-19)24-25-23(26-33-24)16-3-5-20-21(11-16)31-13-30-20/h3-6,11-12,14H,7-10,13H2,1-2H3. The second kappa shape index (κ2) is 7.85. The molecular weight excluding hydrogens is 458 g/mol. The molecule has 0 saturated carbocycles. The number of ether oxygens (including phenoxy) is 2. The molecule has 2 aliphatic heterocycles. The molecular formula is C24H23N3O6S. The fourth-order valence-electron chi connectivity index (χ4n) is 4.41. The molecule has 0 amide bonds. The van der Waals surface area contributed by atoms with Crippen LogP contribution in [0.25, 0.3) is 34.0 Å². The zero-order chi connectivity index (χ0) is 23.4. The molecule has 6 rings (SSSR count). The molecule has 1 fully saturated rings. The van der Waals surface area contributed by atoms with E-state index < -0.39 is 10.0 Å². The topological polar surface area (TPSA) is 108 Å². The molecule has 0 spiro atoms. The van der Waals surface area contributed by atoms with Crippen LogP contribution < -0.4 is 9.47 Å². The van der Waals surface area contributed by atoms with E-state index in [-0.39, 0.29) is 17.6 Å². The Balaban J connectivity index is 1.33. The summed E-state index contributed by atoms with van der Waals surface area (Å²) in [5, 5.41) is 4.78. The van der Waals surface area contributed by atoms with Gasteiger partial charge in [0.15, 0.2) is 17.3 Å². The van der Waals surface area contributed by atoms with Gasteiger partial charge in [-0.1, -0.05) is 12.1 Å². The summed E-state index contributed by atoms with van der Waals surface area (Å²) in [5.41, 5.74) is 2.01. The SMILES string of the molecule is Cc1c(-c2nc(-c3ccc4c(c3)OCO4)no2)oc2ccc(S(=O)(=O)N3CCC(C)CC3)cc12. The third-order valence-electron chi connectivity index (χ3n) is 6.54. The van der Waals surface area contributed by atoms with Gasteiger partial charge >= 0.3 is 0 Å². The van der Waals surface area contributed by atoms with Gasteiger partial charge in [0.05, 0.1) is 4.90 Å². The molecule has 4 aromatic rings. The van der Waals surface area contributed by atoms with Gasteiger partial charge in [0.2, 0.25) is 22.6 Å². The van der Waals surface area contributed by atoms with Gasteiger partial charge in [0.25, 0.3) is 5.89 Å². The molecule has 34 heavy (non-hydrogen) atoms. The summed E-state index contributed by atoms with van der Waals surface area (Å²) >= 11 is 0. The van der Waals surface area contributed by atoms with E-state index in [2.05, 4.69) is 17.1 Å². The van der Waals surface area contributed by atoms with E-state index in [4.69, 9.17) is 18.4 Å². The lowest BCUT2D eigenvalue weighted by Gasteiger charge is -2.29. The number of nitrogens with zero attached hydrogens (tertiary/aromatic N) is 3. The molecule has 0 bridgehead atoms. The predicted molar refractivity (Wildman–Crippen MR) is 123 cm³/mol. The van der Waals surface area contributed by atoms with E-state index in [1.165, 1.54) is 0 Å². The summed E-state index contributed by atoms with van der Waals surface area (Å²) < 4.78 is 50.2. The first-order chi connectivity index (χ1) is 16.4. The van der Waals surface area contributed by atoms with E-state index in [0.29, 0.717) is 53.1 Å². The van der Waals surface area contributed by atoms with Crippen LogP contribution in [0, 0.1) is 12.8 Å². The summed E-state index contributed by atoms with van der Waals surface area (Å²) in [4.78, 5) is 4.75. The van der Waals surface area contributed by atoms with Crippen LogP contribution in [-0.4, -0.2) is 42.7 Å². The van der Waals surface area contributed by atoms with Gasteiger partial charge < -0.3 is 18.4 Å². The van der Waals surface area contributed by atoms with Crippen molar-refractivity contribution >= 4 is 21.0 Å². The van der Waals surface area contributed by atoms with Crippen LogP contribution in [0.2, 0.25) is 0 Å². The van der Waals surface area contributed by atoms with E-state index in [1.54, 1.807) is 34.6 Å². The van der Waals surface area contributed by atoms with Crippen LogP contribution in [0.1, 0.15) is 25.3 Å². The summed E-state index contributed by atoms with van der Waals surface area (Å²) in [6.45, 7) is 5.28. The van der Waals surface area contributed by atoms with Gasteiger partial charge in [0.1, 0.15) is 5.58 Å². The van der Waals surface area contributed by atoms with Gasteiger partial charge in [0, 0.05) is 29.6 Å². The number of rotatable bonds is 4. The van der Waals surface area contributed by atoms with Crippen molar-refractivity contribution in [3.63, 3.8) is 0 Å². The Kier molecular flexibility index (Phi) is 4.89. The van der Waals surface area contributed by atoms with Gasteiger partial charge in [-0.2, -0.15) is 9.29 Å². The number of fused-ring (bicyclic) bond motifs is 2. The summed E-state index contributed by atoms with van der Waals surface area (Å²) in [6.07, 6.45) is 1.75. The lowest BCUT2D eigenvalue weighted by molar-refractivity contribution is 0.174. The van der Waals surface area contributed by atoms with Gasteiger partial charge in [-0.05, 0) is 62.1 Å². The molecule has 2 aromatic heterocycles.